The number of carbonyl (C=O) groups is 1. The lowest BCUT2D eigenvalue weighted by molar-refractivity contribution is 0.100. The van der Waals surface area contributed by atoms with Crippen LogP contribution < -0.4 is 0 Å². The summed E-state index contributed by atoms with van der Waals surface area (Å²) < 4.78 is 0. The Kier molecular flexibility index (Phi) is 3.88. The Hall–Kier alpha value is -1.96. The highest BCUT2D eigenvalue weighted by Crippen LogP contribution is 2.19. The van der Waals surface area contributed by atoms with E-state index in [1.807, 2.05) is 56.3 Å². The van der Waals surface area contributed by atoms with Crippen molar-refractivity contribution in [2.45, 2.75) is 26.3 Å². The standard InChI is InChI=1S/C16H17NO/c1-12(2)17-11-10-16(18)15-9-5-7-13-6-3-4-8-14(13)15/h3-9,11-12H,10H2,1-2H3. The fourth-order valence-electron chi connectivity index (χ4n) is 1.92. The van der Waals surface area contributed by atoms with Gasteiger partial charge in [0.1, 0.15) is 0 Å². The fraction of sp³-hybridized carbons (Fsp3) is 0.250. The third kappa shape index (κ3) is 2.83. The number of aliphatic imine (C=N–C) groups is 1. The van der Waals surface area contributed by atoms with Gasteiger partial charge >= 0.3 is 0 Å². The molecular formula is C16H17NO. The van der Waals surface area contributed by atoms with Gasteiger partial charge in [0.2, 0.25) is 0 Å². The van der Waals surface area contributed by atoms with Gasteiger partial charge in [0.05, 0.1) is 0 Å². The Labute approximate surface area is 107 Å². The third-order valence-corrected chi connectivity index (χ3v) is 2.77. The van der Waals surface area contributed by atoms with Gasteiger partial charge in [-0.25, -0.2) is 0 Å². The average Bonchev–Trinajstić information content (AvgIpc) is 2.37. The van der Waals surface area contributed by atoms with E-state index >= 15 is 0 Å². The van der Waals surface area contributed by atoms with E-state index in [4.69, 9.17) is 0 Å². The van der Waals surface area contributed by atoms with Gasteiger partial charge in [-0.2, -0.15) is 0 Å². The van der Waals surface area contributed by atoms with Crippen molar-refractivity contribution in [3.8, 4) is 0 Å². The summed E-state index contributed by atoms with van der Waals surface area (Å²) in [6, 6.07) is 14.0. The molecule has 0 bridgehead atoms. The quantitative estimate of drug-likeness (QED) is 0.588. The van der Waals surface area contributed by atoms with Crippen LogP contribution in [0.25, 0.3) is 10.8 Å². The molecule has 0 spiro atoms. The smallest absolute Gasteiger partial charge is 0.168 e. The summed E-state index contributed by atoms with van der Waals surface area (Å²) in [7, 11) is 0. The first-order valence-electron chi connectivity index (χ1n) is 6.21. The number of fused-ring (bicyclic) bond motifs is 1. The van der Waals surface area contributed by atoms with Crippen LogP contribution in [-0.2, 0) is 0 Å². The number of rotatable bonds is 4. The minimum atomic E-state index is 0.121. The monoisotopic (exact) mass is 239 g/mol. The number of ketones is 1. The Morgan fingerprint density at radius 3 is 2.67 bits per heavy atom. The van der Waals surface area contributed by atoms with Crippen molar-refractivity contribution in [2.24, 2.45) is 4.99 Å². The molecule has 0 aliphatic rings. The Balaban J connectivity index is 2.28. The van der Waals surface area contributed by atoms with Crippen molar-refractivity contribution in [1.29, 1.82) is 0 Å². The van der Waals surface area contributed by atoms with E-state index in [1.54, 1.807) is 6.21 Å². The molecule has 0 atom stereocenters. The minimum Gasteiger partial charge on any atom is -0.294 e. The van der Waals surface area contributed by atoms with E-state index in [-0.39, 0.29) is 11.8 Å². The number of nitrogens with zero attached hydrogens (tertiary/aromatic N) is 1. The lowest BCUT2D eigenvalue weighted by Crippen LogP contribution is -2.01. The second-order valence-electron chi connectivity index (χ2n) is 4.58. The molecular weight excluding hydrogens is 222 g/mol. The van der Waals surface area contributed by atoms with Gasteiger partial charge in [-0.1, -0.05) is 42.5 Å². The molecule has 0 radical (unpaired) electrons. The van der Waals surface area contributed by atoms with Crippen LogP contribution in [0.3, 0.4) is 0 Å². The van der Waals surface area contributed by atoms with E-state index in [9.17, 15) is 4.79 Å². The highest BCUT2D eigenvalue weighted by atomic mass is 16.1. The second kappa shape index (κ2) is 5.58. The number of carbonyl (C=O) groups excluding carboxylic acids is 1. The van der Waals surface area contributed by atoms with E-state index < -0.39 is 0 Å². The summed E-state index contributed by atoms with van der Waals surface area (Å²) in [5, 5.41) is 2.12. The molecule has 2 nitrogen and oxygen atoms in total. The zero-order chi connectivity index (χ0) is 13.0. The maximum absolute atomic E-state index is 12.1. The number of benzene rings is 2. The van der Waals surface area contributed by atoms with Crippen molar-refractivity contribution >= 4 is 22.8 Å². The number of Topliss-reactive ketones (excluding diaryl/α,β-unsaturated/α-hetero) is 1. The molecule has 0 N–H and O–H groups in total. The Bertz CT molecular complexity index is 579. The summed E-state index contributed by atoms with van der Waals surface area (Å²) in [4.78, 5) is 16.4. The molecule has 0 aromatic heterocycles. The summed E-state index contributed by atoms with van der Waals surface area (Å²) >= 11 is 0. The predicted molar refractivity (Wildman–Crippen MR) is 76.5 cm³/mol. The van der Waals surface area contributed by atoms with Gasteiger partial charge < -0.3 is 0 Å². The zero-order valence-corrected chi connectivity index (χ0v) is 10.8. The average molecular weight is 239 g/mol. The van der Waals surface area contributed by atoms with Crippen LogP contribution in [0.15, 0.2) is 47.5 Å². The van der Waals surface area contributed by atoms with Crippen LogP contribution in [0.4, 0.5) is 0 Å². The van der Waals surface area contributed by atoms with Crippen molar-refractivity contribution in [1.82, 2.24) is 0 Å². The maximum atomic E-state index is 12.1. The number of hydrogen-bond acceptors (Lipinski definition) is 2. The number of hydrogen-bond donors (Lipinski definition) is 0. The molecule has 0 amide bonds. The van der Waals surface area contributed by atoms with E-state index in [1.165, 1.54) is 0 Å². The van der Waals surface area contributed by atoms with Crippen LogP contribution in [0.5, 0.6) is 0 Å². The molecule has 0 unspecified atom stereocenters. The highest BCUT2D eigenvalue weighted by Gasteiger charge is 2.08. The summed E-state index contributed by atoms with van der Waals surface area (Å²) in [5.41, 5.74) is 0.781. The van der Waals surface area contributed by atoms with Crippen LogP contribution in [0, 0.1) is 0 Å². The first kappa shape index (κ1) is 12.5. The van der Waals surface area contributed by atoms with Gasteiger partial charge in [-0.05, 0) is 24.6 Å². The molecule has 2 heteroatoms. The molecule has 0 heterocycles. The fourth-order valence-corrected chi connectivity index (χ4v) is 1.92. The summed E-state index contributed by atoms with van der Waals surface area (Å²) in [6.45, 7) is 4.00. The van der Waals surface area contributed by atoms with E-state index in [0.29, 0.717) is 6.42 Å². The Morgan fingerprint density at radius 2 is 1.89 bits per heavy atom. The largest absolute Gasteiger partial charge is 0.294 e. The molecule has 0 aliphatic heterocycles. The van der Waals surface area contributed by atoms with Crippen LogP contribution in [0.1, 0.15) is 30.6 Å². The third-order valence-electron chi connectivity index (χ3n) is 2.77. The van der Waals surface area contributed by atoms with Gasteiger partial charge in [-0.3, -0.25) is 9.79 Å². The molecule has 2 aromatic rings. The van der Waals surface area contributed by atoms with Crippen LogP contribution in [-0.4, -0.2) is 18.0 Å². The van der Waals surface area contributed by atoms with Crippen molar-refractivity contribution < 1.29 is 4.79 Å². The molecule has 0 saturated carbocycles. The van der Waals surface area contributed by atoms with E-state index in [0.717, 1.165) is 16.3 Å². The van der Waals surface area contributed by atoms with Gasteiger partial charge in [0, 0.05) is 24.2 Å². The lowest BCUT2D eigenvalue weighted by Gasteiger charge is -2.04. The summed E-state index contributed by atoms with van der Waals surface area (Å²) in [5.74, 6) is 0.121. The first-order chi connectivity index (χ1) is 8.68. The lowest BCUT2D eigenvalue weighted by atomic mass is 10.0. The topological polar surface area (TPSA) is 29.4 Å². The van der Waals surface area contributed by atoms with Gasteiger partial charge in [0.25, 0.3) is 0 Å². The molecule has 2 rings (SSSR count). The predicted octanol–water partition coefficient (Wildman–Crippen LogP) is 3.89. The summed E-state index contributed by atoms with van der Waals surface area (Å²) in [6.07, 6.45) is 2.08. The Morgan fingerprint density at radius 1 is 1.17 bits per heavy atom. The minimum absolute atomic E-state index is 0.121. The second-order valence-corrected chi connectivity index (χ2v) is 4.58. The SMILES string of the molecule is CC(C)N=CCC(=O)c1cccc2ccccc12. The van der Waals surface area contributed by atoms with Crippen LogP contribution >= 0.6 is 0 Å². The molecule has 18 heavy (non-hydrogen) atoms. The maximum Gasteiger partial charge on any atom is 0.168 e. The normalized spacial score (nSPS) is 11.5. The molecule has 0 saturated heterocycles. The molecule has 92 valence electrons. The van der Waals surface area contributed by atoms with Crippen LogP contribution in [0.2, 0.25) is 0 Å². The molecule has 2 aromatic carbocycles. The van der Waals surface area contributed by atoms with Crippen molar-refractivity contribution in [2.75, 3.05) is 0 Å². The highest BCUT2D eigenvalue weighted by molar-refractivity contribution is 6.12. The molecule has 0 aliphatic carbocycles. The molecule has 0 fully saturated rings. The van der Waals surface area contributed by atoms with Gasteiger partial charge in [-0.15, -0.1) is 0 Å². The van der Waals surface area contributed by atoms with Crippen molar-refractivity contribution in [3.05, 3.63) is 48.0 Å². The van der Waals surface area contributed by atoms with Gasteiger partial charge in [0.15, 0.2) is 5.78 Å². The van der Waals surface area contributed by atoms with E-state index in [2.05, 4.69) is 4.99 Å². The van der Waals surface area contributed by atoms with Crippen molar-refractivity contribution in [3.63, 3.8) is 0 Å². The first-order valence-corrected chi connectivity index (χ1v) is 6.21. The zero-order valence-electron chi connectivity index (χ0n) is 10.8.